The summed E-state index contributed by atoms with van der Waals surface area (Å²) < 4.78 is 31.1. The van der Waals surface area contributed by atoms with Crippen molar-refractivity contribution in [1.29, 1.82) is 0 Å². The third kappa shape index (κ3) is 3.33. The lowest BCUT2D eigenvalue weighted by molar-refractivity contribution is 0.370. The summed E-state index contributed by atoms with van der Waals surface area (Å²) in [5, 5.41) is -0.0576. The Morgan fingerprint density at radius 2 is 2.06 bits per heavy atom. The molecule has 1 rings (SSSR count). The van der Waals surface area contributed by atoms with E-state index in [1.54, 1.807) is 13.0 Å². The first kappa shape index (κ1) is 13.2. The minimum atomic E-state index is -3.55. The van der Waals surface area contributed by atoms with Crippen molar-refractivity contribution in [3.63, 3.8) is 0 Å². The van der Waals surface area contributed by atoms with Gasteiger partial charge in [-0.25, -0.2) is 13.1 Å². The number of aryl methyl sites for hydroxylation is 1. The highest BCUT2D eigenvalue weighted by molar-refractivity contribution is 7.89. The number of rotatable bonds is 5. The van der Waals surface area contributed by atoms with Gasteiger partial charge in [-0.2, -0.15) is 0 Å². The van der Waals surface area contributed by atoms with Crippen LogP contribution >= 0.6 is 0 Å². The Kier molecular flexibility index (Phi) is 3.77. The van der Waals surface area contributed by atoms with E-state index in [-0.39, 0.29) is 17.1 Å². The van der Waals surface area contributed by atoms with Gasteiger partial charge in [0, 0.05) is 6.54 Å². The maximum atomic E-state index is 11.8. The lowest BCUT2D eigenvalue weighted by atomic mass is 9.95. The molecule has 6 heteroatoms. The molecule has 0 bridgehead atoms. The van der Waals surface area contributed by atoms with Crippen molar-refractivity contribution >= 4 is 10.0 Å². The molecule has 5 nitrogen and oxygen atoms in total. The van der Waals surface area contributed by atoms with E-state index in [9.17, 15) is 8.42 Å². The second kappa shape index (κ2) is 4.57. The van der Waals surface area contributed by atoms with Crippen molar-refractivity contribution in [2.75, 3.05) is 13.1 Å². The van der Waals surface area contributed by atoms with E-state index in [4.69, 9.17) is 10.2 Å². The maximum absolute atomic E-state index is 11.8. The molecule has 0 aromatic carbocycles. The fourth-order valence-corrected chi connectivity index (χ4v) is 2.20. The summed E-state index contributed by atoms with van der Waals surface area (Å²) in [6, 6.07) is 3.05. The van der Waals surface area contributed by atoms with E-state index in [2.05, 4.69) is 4.72 Å². The van der Waals surface area contributed by atoms with Crippen LogP contribution in [0, 0.1) is 12.3 Å². The molecule has 0 aliphatic rings. The maximum Gasteiger partial charge on any atom is 0.273 e. The average Bonchev–Trinajstić information content (AvgIpc) is 2.63. The van der Waals surface area contributed by atoms with Crippen LogP contribution in [0.5, 0.6) is 0 Å². The molecule has 0 fully saturated rings. The summed E-state index contributed by atoms with van der Waals surface area (Å²) in [5.41, 5.74) is 5.25. The van der Waals surface area contributed by atoms with Crippen LogP contribution in [0.3, 0.4) is 0 Å². The van der Waals surface area contributed by atoms with Crippen molar-refractivity contribution in [3.8, 4) is 0 Å². The molecule has 1 aromatic heterocycles. The van der Waals surface area contributed by atoms with Crippen LogP contribution in [0.1, 0.15) is 19.6 Å². The third-order valence-corrected chi connectivity index (χ3v) is 3.55. The van der Waals surface area contributed by atoms with Gasteiger partial charge in [-0.3, -0.25) is 0 Å². The molecule has 0 aliphatic carbocycles. The van der Waals surface area contributed by atoms with Gasteiger partial charge in [-0.1, -0.05) is 13.8 Å². The van der Waals surface area contributed by atoms with Gasteiger partial charge in [0.2, 0.25) is 5.09 Å². The number of hydrogen-bond acceptors (Lipinski definition) is 4. The Hall–Kier alpha value is -0.850. The van der Waals surface area contributed by atoms with Crippen molar-refractivity contribution in [3.05, 3.63) is 17.9 Å². The number of hydrogen-bond donors (Lipinski definition) is 2. The SMILES string of the molecule is Cc1ccc(S(=O)(=O)NCC(C)(C)CN)o1. The monoisotopic (exact) mass is 246 g/mol. The Labute approximate surface area is 96.1 Å². The van der Waals surface area contributed by atoms with E-state index < -0.39 is 10.0 Å². The lowest BCUT2D eigenvalue weighted by Crippen LogP contribution is -2.38. The van der Waals surface area contributed by atoms with Crippen LogP contribution in [0.15, 0.2) is 21.6 Å². The topological polar surface area (TPSA) is 85.3 Å². The lowest BCUT2D eigenvalue weighted by Gasteiger charge is -2.21. The van der Waals surface area contributed by atoms with E-state index in [1.165, 1.54) is 6.07 Å². The summed E-state index contributed by atoms with van der Waals surface area (Å²) in [6.45, 7) is 6.17. The first-order chi connectivity index (χ1) is 7.27. The molecule has 0 aliphatic heterocycles. The molecule has 92 valence electrons. The fourth-order valence-electron chi connectivity index (χ4n) is 0.990. The second-order valence-electron chi connectivity index (χ2n) is 4.56. The van der Waals surface area contributed by atoms with Crippen molar-refractivity contribution in [2.24, 2.45) is 11.1 Å². The van der Waals surface area contributed by atoms with E-state index in [0.717, 1.165) is 0 Å². The zero-order chi connectivity index (χ0) is 12.4. The van der Waals surface area contributed by atoms with Gasteiger partial charge in [0.25, 0.3) is 10.0 Å². The molecule has 0 atom stereocenters. The Bertz CT molecular complexity index is 448. The molecule has 0 amide bonds. The molecule has 1 heterocycles. The third-order valence-electron chi connectivity index (χ3n) is 2.27. The number of nitrogens with one attached hydrogen (secondary N) is 1. The Morgan fingerprint density at radius 3 is 2.50 bits per heavy atom. The van der Waals surface area contributed by atoms with Gasteiger partial charge in [0.15, 0.2) is 0 Å². The zero-order valence-corrected chi connectivity index (χ0v) is 10.6. The van der Waals surface area contributed by atoms with Crippen LogP contribution in [0.25, 0.3) is 0 Å². The molecule has 0 unspecified atom stereocenters. The highest BCUT2D eigenvalue weighted by Gasteiger charge is 2.23. The molecule has 0 saturated heterocycles. The summed E-state index contributed by atoms with van der Waals surface area (Å²) in [6.07, 6.45) is 0. The minimum absolute atomic E-state index is 0.0576. The Morgan fingerprint density at radius 1 is 1.44 bits per heavy atom. The molecule has 0 spiro atoms. The van der Waals surface area contributed by atoms with Crippen molar-refractivity contribution < 1.29 is 12.8 Å². The van der Waals surface area contributed by atoms with Crippen molar-refractivity contribution in [2.45, 2.75) is 25.9 Å². The predicted octanol–water partition coefficient (Wildman–Crippen LogP) is 0.851. The van der Waals surface area contributed by atoms with Gasteiger partial charge < -0.3 is 10.2 Å². The summed E-state index contributed by atoms with van der Waals surface area (Å²) >= 11 is 0. The normalized spacial score (nSPS) is 13.0. The molecular formula is C10H18N2O3S. The van der Waals surface area contributed by atoms with E-state index >= 15 is 0 Å². The summed E-state index contributed by atoms with van der Waals surface area (Å²) in [7, 11) is -3.55. The highest BCUT2D eigenvalue weighted by Crippen LogP contribution is 2.15. The smallest absolute Gasteiger partial charge is 0.273 e. The first-order valence-corrected chi connectivity index (χ1v) is 6.51. The fraction of sp³-hybridized carbons (Fsp3) is 0.600. The van der Waals surface area contributed by atoms with Crippen LogP contribution in [0.4, 0.5) is 0 Å². The zero-order valence-electron chi connectivity index (χ0n) is 9.78. The van der Waals surface area contributed by atoms with Gasteiger partial charge >= 0.3 is 0 Å². The second-order valence-corrected chi connectivity index (χ2v) is 6.26. The summed E-state index contributed by atoms with van der Waals surface area (Å²) in [4.78, 5) is 0. The van der Waals surface area contributed by atoms with Gasteiger partial charge in [0.05, 0.1) is 0 Å². The van der Waals surface area contributed by atoms with Gasteiger partial charge in [-0.05, 0) is 31.0 Å². The van der Waals surface area contributed by atoms with Crippen LogP contribution in [0.2, 0.25) is 0 Å². The average molecular weight is 246 g/mol. The predicted molar refractivity (Wildman–Crippen MR) is 61.5 cm³/mol. The van der Waals surface area contributed by atoms with E-state index in [1.807, 2.05) is 13.8 Å². The first-order valence-electron chi connectivity index (χ1n) is 5.03. The molecule has 16 heavy (non-hydrogen) atoms. The summed E-state index contributed by atoms with van der Waals surface area (Å²) in [5.74, 6) is 0.568. The molecule has 3 N–H and O–H groups in total. The molecule has 1 aromatic rings. The van der Waals surface area contributed by atoms with Gasteiger partial charge in [0.1, 0.15) is 5.76 Å². The van der Waals surface area contributed by atoms with Crippen LogP contribution in [-0.2, 0) is 10.0 Å². The molecular weight excluding hydrogens is 228 g/mol. The minimum Gasteiger partial charge on any atom is -0.449 e. The largest absolute Gasteiger partial charge is 0.449 e. The van der Waals surface area contributed by atoms with Gasteiger partial charge in [-0.15, -0.1) is 0 Å². The van der Waals surface area contributed by atoms with Crippen LogP contribution in [-0.4, -0.2) is 21.5 Å². The number of sulfonamides is 1. The molecule has 0 saturated carbocycles. The molecule has 0 radical (unpaired) electrons. The number of nitrogens with two attached hydrogens (primary N) is 1. The standard InChI is InChI=1S/C10H18N2O3S/c1-8-4-5-9(15-8)16(13,14)12-7-10(2,3)6-11/h4-5,12H,6-7,11H2,1-3H3. The highest BCUT2D eigenvalue weighted by atomic mass is 32.2. The van der Waals surface area contributed by atoms with Crippen LogP contribution < -0.4 is 10.5 Å². The number of furan rings is 1. The quantitative estimate of drug-likeness (QED) is 0.806. The van der Waals surface area contributed by atoms with E-state index in [0.29, 0.717) is 12.3 Å². The Balaban J connectivity index is 2.74. The van der Waals surface area contributed by atoms with Crippen molar-refractivity contribution in [1.82, 2.24) is 4.72 Å².